The largest absolute Gasteiger partial charge is 0.478 e. The molecule has 0 amide bonds. The van der Waals surface area contributed by atoms with Crippen molar-refractivity contribution in [1.82, 2.24) is 9.78 Å². The lowest BCUT2D eigenvalue weighted by Crippen LogP contribution is -1.95. The van der Waals surface area contributed by atoms with Crippen LogP contribution < -0.4 is 0 Å². The summed E-state index contributed by atoms with van der Waals surface area (Å²) in [5.74, 6) is -1.51. The Morgan fingerprint density at radius 1 is 1.54 bits per heavy atom. The normalized spacial score (nSPS) is 10.5. The van der Waals surface area contributed by atoms with E-state index in [1.165, 1.54) is 17.1 Å². The van der Waals surface area contributed by atoms with Crippen LogP contribution in [0.15, 0.2) is 24.5 Å². The number of ketones is 1. The average Bonchev–Trinajstić information content (AvgIpc) is 2.47. The van der Waals surface area contributed by atoms with E-state index in [2.05, 4.69) is 5.10 Å². The van der Waals surface area contributed by atoms with Gasteiger partial charge in [0.25, 0.3) is 0 Å². The van der Waals surface area contributed by atoms with Gasteiger partial charge in [-0.1, -0.05) is 0 Å². The van der Waals surface area contributed by atoms with E-state index in [9.17, 15) is 9.59 Å². The van der Waals surface area contributed by atoms with Crippen molar-refractivity contribution in [1.29, 1.82) is 0 Å². The standard InChI is InChI=1S/C8H8N2O3/c1-10-5-6(4-9-10)7(11)2-3-8(12)13/h2-5H,1H3,(H,12,13)/b3-2-. The Kier molecular flexibility index (Phi) is 2.59. The van der Waals surface area contributed by atoms with E-state index in [4.69, 9.17) is 5.11 Å². The van der Waals surface area contributed by atoms with Crippen LogP contribution in [0, 0.1) is 0 Å². The summed E-state index contributed by atoms with van der Waals surface area (Å²) < 4.78 is 1.47. The summed E-state index contributed by atoms with van der Waals surface area (Å²) in [4.78, 5) is 21.2. The van der Waals surface area contributed by atoms with Crippen LogP contribution in [0.1, 0.15) is 10.4 Å². The zero-order valence-corrected chi connectivity index (χ0v) is 6.97. The molecule has 0 bridgehead atoms. The summed E-state index contributed by atoms with van der Waals surface area (Å²) in [7, 11) is 1.68. The van der Waals surface area contributed by atoms with Gasteiger partial charge in [0, 0.05) is 19.3 Å². The summed E-state index contributed by atoms with van der Waals surface area (Å²) >= 11 is 0. The molecular formula is C8H8N2O3. The number of rotatable bonds is 3. The molecule has 13 heavy (non-hydrogen) atoms. The minimum Gasteiger partial charge on any atom is -0.478 e. The second-order valence-electron chi connectivity index (χ2n) is 2.44. The molecule has 5 heteroatoms. The van der Waals surface area contributed by atoms with E-state index in [1.807, 2.05) is 0 Å². The third kappa shape index (κ3) is 2.55. The number of nitrogens with zero attached hydrogens (tertiary/aromatic N) is 2. The number of aryl methyl sites for hydroxylation is 1. The van der Waals surface area contributed by atoms with Gasteiger partial charge in [0.15, 0.2) is 5.78 Å². The van der Waals surface area contributed by atoms with Crippen molar-refractivity contribution in [2.45, 2.75) is 0 Å². The molecule has 0 saturated heterocycles. The molecular weight excluding hydrogens is 172 g/mol. The van der Waals surface area contributed by atoms with Crippen molar-refractivity contribution in [2.24, 2.45) is 7.05 Å². The predicted octanol–water partition coefficient (Wildman–Crippen LogP) is 0.244. The van der Waals surface area contributed by atoms with Crippen LogP contribution >= 0.6 is 0 Å². The minimum atomic E-state index is -1.14. The summed E-state index contributed by atoms with van der Waals surface area (Å²) in [6.45, 7) is 0. The van der Waals surface area contributed by atoms with Crippen LogP contribution in [0.2, 0.25) is 0 Å². The number of aliphatic carboxylic acids is 1. The molecule has 5 nitrogen and oxygen atoms in total. The zero-order chi connectivity index (χ0) is 9.84. The molecule has 0 atom stereocenters. The van der Waals surface area contributed by atoms with Crippen LogP contribution in [-0.4, -0.2) is 26.6 Å². The summed E-state index contributed by atoms with van der Waals surface area (Å²) in [5, 5.41) is 12.0. The van der Waals surface area contributed by atoms with Crippen molar-refractivity contribution >= 4 is 11.8 Å². The number of carboxylic acid groups (broad SMARTS) is 1. The fourth-order valence-electron chi connectivity index (χ4n) is 0.792. The van der Waals surface area contributed by atoms with E-state index in [1.54, 1.807) is 7.05 Å². The Labute approximate surface area is 74.3 Å². The van der Waals surface area contributed by atoms with Crippen LogP contribution in [0.25, 0.3) is 0 Å². The Hall–Kier alpha value is -1.91. The number of hydrogen-bond donors (Lipinski definition) is 1. The molecule has 0 unspecified atom stereocenters. The molecule has 1 heterocycles. The lowest BCUT2D eigenvalue weighted by atomic mass is 10.2. The van der Waals surface area contributed by atoms with Crippen molar-refractivity contribution in [3.8, 4) is 0 Å². The molecule has 0 spiro atoms. The predicted molar refractivity (Wildman–Crippen MR) is 44.3 cm³/mol. The molecule has 1 aromatic rings. The molecule has 0 aliphatic heterocycles. The van der Waals surface area contributed by atoms with E-state index in [0.717, 1.165) is 12.2 Å². The Balaban J connectivity index is 2.75. The number of carbonyl (C=O) groups is 2. The van der Waals surface area contributed by atoms with Gasteiger partial charge >= 0.3 is 5.97 Å². The van der Waals surface area contributed by atoms with E-state index >= 15 is 0 Å². The van der Waals surface area contributed by atoms with Gasteiger partial charge in [-0.15, -0.1) is 0 Å². The molecule has 0 radical (unpaired) electrons. The molecule has 0 aliphatic rings. The molecule has 1 N–H and O–H groups in total. The molecule has 0 aromatic carbocycles. The summed E-state index contributed by atoms with van der Waals surface area (Å²) in [5.41, 5.74) is 0.375. The average molecular weight is 180 g/mol. The number of hydrogen-bond acceptors (Lipinski definition) is 3. The van der Waals surface area contributed by atoms with E-state index < -0.39 is 5.97 Å². The van der Waals surface area contributed by atoms with Gasteiger partial charge in [0.2, 0.25) is 0 Å². The summed E-state index contributed by atoms with van der Waals surface area (Å²) in [6.07, 6.45) is 4.71. The van der Waals surface area contributed by atoms with Crippen LogP contribution in [0.4, 0.5) is 0 Å². The molecule has 1 aromatic heterocycles. The SMILES string of the molecule is Cn1cc(C(=O)/C=C\C(=O)O)cn1. The summed E-state index contributed by atoms with van der Waals surface area (Å²) in [6, 6.07) is 0. The lowest BCUT2D eigenvalue weighted by Gasteiger charge is -1.85. The smallest absolute Gasteiger partial charge is 0.328 e. The highest BCUT2D eigenvalue weighted by molar-refractivity contribution is 6.06. The van der Waals surface area contributed by atoms with Crippen molar-refractivity contribution in [3.05, 3.63) is 30.1 Å². The van der Waals surface area contributed by atoms with Crippen molar-refractivity contribution in [3.63, 3.8) is 0 Å². The molecule has 0 fully saturated rings. The second kappa shape index (κ2) is 3.66. The van der Waals surface area contributed by atoms with Crippen LogP contribution in [0.3, 0.4) is 0 Å². The Morgan fingerprint density at radius 3 is 2.69 bits per heavy atom. The maximum absolute atomic E-state index is 11.2. The number of carbonyl (C=O) groups excluding carboxylic acids is 1. The molecule has 0 aliphatic carbocycles. The lowest BCUT2D eigenvalue weighted by molar-refractivity contribution is -0.131. The number of allylic oxidation sites excluding steroid dienone is 1. The maximum Gasteiger partial charge on any atom is 0.328 e. The highest BCUT2D eigenvalue weighted by Crippen LogP contribution is 1.98. The molecule has 0 saturated carbocycles. The Morgan fingerprint density at radius 2 is 2.23 bits per heavy atom. The second-order valence-corrected chi connectivity index (χ2v) is 2.44. The van der Waals surface area contributed by atoms with E-state index in [0.29, 0.717) is 5.56 Å². The number of carboxylic acids is 1. The first-order chi connectivity index (χ1) is 6.09. The zero-order valence-electron chi connectivity index (χ0n) is 6.97. The van der Waals surface area contributed by atoms with Gasteiger partial charge in [0.1, 0.15) is 0 Å². The fourth-order valence-corrected chi connectivity index (χ4v) is 0.792. The fraction of sp³-hybridized carbons (Fsp3) is 0.125. The van der Waals surface area contributed by atoms with Crippen molar-refractivity contribution < 1.29 is 14.7 Å². The van der Waals surface area contributed by atoms with Crippen LogP contribution in [0.5, 0.6) is 0 Å². The quantitative estimate of drug-likeness (QED) is 0.534. The Bertz CT molecular complexity index is 365. The monoisotopic (exact) mass is 180 g/mol. The topological polar surface area (TPSA) is 72.2 Å². The first-order valence-electron chi connectivity index (χ1n) is 3.53. The van der Waals surface area contributed by atoms with Gasteiger partial charge < -0.3 is 5.11 Å². The third-order valence-corrected chi connectivity index (χ3v) is 1.37. The van der Waals surface area contributed by atoms with Gasteiger partial charge in [-0.05, 0) is 6.08 Å². The first kappa shape index (κ1) is 9.18. The minimum absolute atomic E-state index is 0.365. The maximum atomic E-state index is 11.2. The highest BCUT2D eigenvalue weighted by Gasteiger charge is 2.03. The van der Waals surface area contributed by atoms with Gasteiger partial charge in [-0.2, -0.15) is 5.10 Å². The van der Waals surface area contributed by atoms with E-state index in [-0.39, 0.29) is 5.78 Å². The molecule has 1 rings (SSSR count). The third-order valence-electron chi connectivity index (χ3n) is 1.37. The van der Waals surface area contributed by atoms with Gasteiger partial charge in [0.05, 0.1) is 11.8 Å². The van der Waals surface area contributed by atoms with Gasteiger partial charge in [-0.3, -0.25) is 9.48 Å². The molecule has 68 valence electrons. The van der Waals surface area contributed by atoms with Crippen LogP contribution in [-0.2, 0) is 11.8 Å². The highest BCUT2D eigenvalue weighted by atomic mass is 16.4. The first-order valence-corrected chi connectivity index (χ1v) is 3.53. The van der Waals surface area contributed by atoms with Gasteiger partial charge in [-0.25, -0.2) is 4.79 Å². The van der Waals surface area contributed by atoms with Crippen molar-refractivity contribution in [2.75, 3.05) is 0 Å². The number of aromatic nitrogens is 2.